The van der Waals surface area contributed by atoms with Crippen molar-refractivity contribution in [1.29, 1.82) is 0 Å². The number of aliphatic imine (C=N–C) groups is 1. The number of thiophene rings is 1. The number of hydrogen-bond acceptors (Lipinski definition) is 4. The van der Waals surface area contributed by atoms with Crippen LogP contribution in [0.4, 0.5) is 0 Å². The second kappa shape index (κ2) is 9.38. The first-order valence-corrected chi connectivity index (χ1v) is 8.34. The van der Waals surface area contributed by atoms with Gasteiger partial charge in [-0.2, -0.15) is 4.31 Å². The topological polar surface area (TPSA) is 87.8 Å². The molecule has 0 aliphatic carbocycles. The van der Waals surface area contributed by atoms with E-state index >= 15 is 0 Å². The smallest absolute Gasteiger partial charge is 0.252 e. The van der Waals surface area contributed by atoms with Crippen LogP contribution in [0.25, 0.3) is 0 Å². The Morgan fingerprint density at radius 3 is 2.76 bits per heavy atom. The van der Waals surface area contributed by atoms with Crippen molar-refractivity contribution in [1.82, 2.24) is 9.62 Å². The summed E-state index contributed by atoms with van der Waals surface area (Å²) in [5.41, 5.74) is 6.55. The Kier molecular flexibility index (Phi) is 9.09. The summed E-state index contributed by atoms with van der Waals surface area (Å²) >= 11 is 1.20. The number of hydrogen-bond donors (Lipinski definition) is 2. The Labute approximate surface area is 147 Å². The van der Waals surface area contributed by atoms with Gasteiger partial charge in [0.1, 0.15) is 4.21 Å². The largest absolute Gasteiger partial charge is 0.370 e. The third-order valence-electron chi connectivity index (χ3n) is 2.41. The molecular weight excluding hydrogens is 423 g/mol. The number of rotatable bonds is 7. The Balaban J connectivity index is 0.00000400. The normalized spacial score (nSPS) is 12.0. The summed E-state index contributed by atoms with van der Waals surface area (Å²) in [5.74, 6) is 0.287. The lowest BCUT2D eigenvalue weighted by Gasteiger charge is -2.16. The minimum Gasteiger partial charge on any atom is -0.370 e. The highest BCUT2D eigenvalue weighted by molar-refractivity contribution is 14.0. The van der Waals surface area contributed by atoms with Crippen molar-refractivity contribution in [2.24, 2.45) is 10.7 Å². The van der Waals surface area contributed by atoms with E-state index in [1.807, 2.05) is 6.92 Å². The molecule has 0 saturated carbocycles. The van der Waals surface area contributed by atoms with Crippen LogP contribution in [-0.4, -0.2) is 45.4 Å². The van der Waals surface area contributed by atoms with Crippen molar-refractivity contribution in [3.63, 3.8) is 0 Å². The van der Waals surface area contributed by atoms with Crippen LogP contribution in [0, 0.1) is 0 Å². The van der Waals surface area contributed by atoms with Gasteiger partial charge in [-0.25, -0.2) is 13.4 Å². The zero-order chi connectivity index (χ0) is 15.2. The van der Waals surface area contributed by atoms with E-state index in [2.05, 4.69) is 16.9 Å². The molecule has 0 unspecified atom stereocenters. The number of guanidine groups is 1. The van der Waals surface area contributed by atoms with Gasteiger partial charge in [0.05, 0.1) is 6.54 Å². The first-order chi connectivity index (χ1) is 9.34. The summed E-state index contributed by atoms with van der Waals surface area (Å²) in [5, 5.41) is 4.61. The maximum atomic E-state index is 12.1. The molecule has 1 aromatic rings. The van der Waals surface area contributed by atoms with Gasteiger partial charge in [-0.15, -0.1) is 35.3 Å². The van der Waals surface area contributed by atoms with Crippen LogP contribution >= 0.6 is 35.3 Å². The molecular formula is C12H21IN4O2S2. The van der Waals surface area contributed by atoms with Crippen molar-refractivity contribution < 1.29 is 8.42 Å². The Morgan fingerprint density at radius 1 is 1.57 bits per heavy atom. The Morgan fingerprint density at radius 2 is 2.24 bits per heavy atom. The molecule has 1 aromatic heterocycles. The second-order valence-corrected chi connectivity index (χ2v) is 7.56. The molecule has 0 aromatic carbocycles. The van der Waals surface area contributed by atoms with Crippen LogP contribution in [0.1, 0.15) is 6.92 Å². The molecule has 0 aliphatic heterocycles. The summed E-state index contributed by atoms with van der Waals surface area (Å²) in [6.07, 6.45) is 0. The van der Waals surface area contributed by atoms with E-state index < -0.39 is 10.0 Å². The summed E-state index contributed by atoms with van der Waals surface area (Å²) in [6, 6.07) is 3.30. The first kappa shape index (κ1) is 20.3. The summed E-state index contributed by atoms with van der Waals surface area (Å²) in [6.45, 7) is 6.74. The van der Waals surface area contributed by atoms with Crippen LogP contribution in [0.2, 0.25) is 0 Å². The quantitative estimate of drug-likeness (QED) is 0.289. The number of halogens is 1. The lowest BCUT2D eigenvalue weighted by Crippen LogP contribution is -2.39. The molecule has 1 rings (SSSR count). The van der Waals surface area contributed by atoms with Gasteiger partial charge in [-0.3, -0.25) is 0 Å². The number of likely N-dealkylation sites (N-methyl/N-ethyl adjacent to an activating group) is 1. The highest BCUT2D eigenvalue weighted by Gasteiger charge is 2.20. The van der Waals surface area contributed by atoms with Gasteiger partial charge in [-0.1, -0.05) is 18.2 Å². The van der Waals surface area contributed by atoms with Crippen molar-refractivity contribution >= 4 is 51.3 Å². The monoisotopic (exact) mass is 444 g/mol. The maximum Gasteiger partial charge on any atom is 0.252 e. The standard InChI is InChI=1S/C12H20N4O2S2.HI/c1-10(2)9-15-12(13)14-6-7-16(3)20(17,18)11-5-4-8-19-11;/h4-5,8H,1,6-7,9H2,2-3H3,(H3,13,14,15);1H. The molecule has 0 spiro atoms. The van der Waals surface area contributed by atoms with E-state index in [1.54, 1.807) is 17.5 Å². The van der Waals surface area contributed by atoms with E-state index in [0.717, 1.165) is 5.57 Å². The zero-order valence-corrected chi connectivity index (χ0v) is 16.0. The van der Waals surface area contributed by atoms with Gasteiger partial charge in [0.25, 0.3) is 10.0 Å². The average Bonchev–Trinajstić information content (AvgIpc) is 2.90. The fourth-order valence-corrected chi connectivity index (χ4v) is 3.67. The molecule has 21 heavy (non-hydrogen) atoms. The molecule has 9 heteroatoms. The van der Waals surface area contributed by atoms with Gasteiger partial charge in [0.15, 0.2) is 5.96 Å². The second-order valence-electron chi connectivity index (χ2n) is 4.34. The minimum atomic E-state index is -3.40. The van der Waals surface area contributed by atoms with Crippen LogP contribution < -0.4 is 11.1 Å². The van der Waals surface area contributed by atoms with E-state index in [9.17, 15) is 8.42 Å². The lowest BCUT2D eigenvalue weighted by atomic mass is 10.4. The molecule has 0 saturated heterocycles. The molecule has 6 nitrogen and oxygen atoms in total. The summed E-state index contributed by atoms with van der Waals surface area (Å²) in [4.78, 5) is 4.05. The molecule has 0 aliphatic rings. The fourth-order valence-electron chi connectivity index (χ4n) is 1.30. The lowest BCUT2D eigenvalue weighted by molar-refractivity contribution is 0.472. The van der Waals surface area contributed by atoms with Crippen LogP contribution in [-0.2, 0) is 10.0 Å². The Hall–Kier alpha value is -0.650. The number of nitrogens with two attached hydrogens (primary N) is 1. The van der Waals surface area contributed by atoms with Crippen molar-refractivity contribution in [3.8, 4) is 0 Å². The third-order valence-corrected chi connectivity index (χ3v) is 5.64. The van der Waals surface area contributed by atoms with Crippen LogP contribution in [0.5, 0.6) is 0 Å². The van der Waals surface area contributed by atoms with Gasteiger partial charge in [-0.05, 0) is 18.4 Å². The van der Waals surface area contributed by atoms with Gasteiger partial charge < -0.3 is 11.1 Å². The third kappa shape index (κ3) is 6.76. The summed E-state index contributed by atoms with van der Waals surface area (Å²) in [7, 11) is -1.86. The first-order valence-electron chi connectivity index (χ1n) is 6.02. The van der Waals surface area contributed by atoms with Gasteiger partial charge in [0.2, 0.25) is 0 Å². The molecule has 120 valence electrons. The van der Waals surface area contributed by atoms with E-state index in [0.29, 0.717) is 23.8 Å². The van der Waals surface area contributed by atoms with Gasteiger partial charge >= 0.3 is 0 Å². The van der Waals surface area contributed by atoms with E-state index in [4.69, 9.17) is 5.73 Å². The molecule has 1 heterocycles. The molecule has 0 bridgehead atoms. The highest BCUT2D eigenvalue weighted by atomic mass is 127. The Bertz CT molecular complexity index is 570. The van der Waals surface area contributed by atoms with Crippen LogP contribution in [0.3, 0.4) is 0 Å². The van der Waals surface area contributed by atoms with E-state index in [-0.39, 0.29) is 29.9 Å². The maximum absolute atomic E-state index is 12.1. The van der Waals surface area contributed by atoms with Crippen molar-refractivity contribution in [2.75, 3.05) is 26.7 Å². The number of nitrogens with one attached hydrogen (secondary N) is 1. The number of nitrogens with zero attached hydrogens (tertiary/aromatic N) is 2. The molecule has 3 N–H and O–H groups in total. The molecule has 0 amide bonds. The molecule has 0 radical (unpaired) electrons. The average molecular weight is 444 g/mol. The van der Waals surface area contributed by atoms with Crippen LogP contribution in [0.15, 0.2) is 38.9 Å². The zero-order valence-electron chi connectivity index (χ0n) is 12.1. The predicted octanol–water partition coefficient (Wildman–Crippen LogP) is 1.47. The van der Waals surface area contributed by atoms with Gasteiger partial charge in [0, 0.05) is 20.1 Å². The SMILES string of the molecule is C=C(C)CN=C(N)NCCN(C)S(=O)(=O)c1cccs1.I. The predicted molar refractivity (Wildman–Crippen MR) is 98.9 cm³/mol. The van der Waals surface area contributed by atoms with Crippen molar-refractivity contribution in [2.45, 2.75) is 11.1 Å². The highest BCUT2D eigenvalue weighted by Crippen LogP contribution is 2.19. The number of sulfonamides is 1. The summed E-state index contributed by atoms with van der Waals surface area (Å²) < 4.78 is 25.9. The minimum absolute atomic E-state index is 0. The van der Waals surface area contributed by atoms with Crippen molar-refractivity contribution in [3.05, 3.63) is 29.7 Å². The fraction of sp³-hybridized carbons (Fsp3) is 0.417. The molecule has 0 fully saturated rings. The van der Waals surface area contributed by atoms with E-state index in [1.165, 1.54) is 22.7 Å². The molecule has 0 atom stereocenters.